The van der Waals surface area contributed by atoms with Crippen LogP contribution in [-0.4, -0.2) is 66.8 Å². The molecule has 3 rings (SSSR count). The summed E-state index contributed by atoms with van der Waals surface area (Å²) < 4.78 is 30.8. The Morgan fingerprint density at radius 1 is 1.32 bits per heavy atom. The maximum atomic E-state index is 13.2. The summed E-state index contributed by atoms with van der Waals surface area (Å²) in [5.41, 5.74) is 3.55. The first-order valence-corrected chi connectivity index (χ1v) is 11.2. The molecule has 0 aliphatic carbocycles. The van der Waals surface area contributed by atoms with Gasteiger partial charge in [0, 0.05) is 31.0 Å². The molecule has 2 heterocycles. The Labute approximate surface area is 166 Å². The van der Waals surface area contributed by atoms with Crippen molar-refractivity contribution in [2.24, 2.45) is 0 Å². The lowest BCUT2D eigenvalue weighted by Gasteiger charge is -2.28. The Bertz CT molecular complexity index is 952. The van der Waals surface area contributed by atoms with Crippen molar-refractivity contribution in [1.29, 1.82) is 0 Å². The molecule has 1 aliphatic rings. The summed E-state index contributed by atoms with van der Waals surface area (Å²) in [6, 6.07) is 9.17. The number of nitrogens with zero attached hydrogens (tertiary/aromatic N) is 3. The third-order valence-corrected chi connectivity index (χ3v) is 6.81. The van der Waals surface area contributed by atoms with E-state index in [2.05, 4.69) is 5.10 Å². The number of hydrogen-bond donors (Lipinski definition) is 0. The summed E-state index contributed by atoms with van der Waals surface area (Å²) in [5, 5.41) is 4.47. The van der Waals surface area contributed by atoms with Gasteiger partial charge in [0.25, 0.3) is 5.91 Å². The van der Waals surface area contributed by atoms with Gasteiger partial charge in [0.2, 0.25) is 0 Å². The second-order valence-corrected chi connectivity index (χ2v) is 9.56. The zero-order chi connectivity index (χ0) is 20.3. The highest BCUT2D eigenvalue weighted by molar-refractivity contribution is 7.91. The Kier molecular flexibility index (Phi) is 6.20. The van der Waals surface area contributed by atoms with Gasteiger partial charge in [-0.3, -0.25) is 9.48 Å². The van der Waals surface area contributed by atoms with Gasteiger partial charge in [-0.05, 0) is 44.0 Å². The van der Waals surface area contributed by atoms with E-state index in [1.54, 1.807) is 18.1 Å². The number of benzene rings is 1. The maximum Gasteiger partial charge on any atom is 0.254 e. The predicted octanol–water partition coefficient (Wildman–Crippen LogP) is 1.82. The number of rotatable bonds is 7. The highest BCUT2D eigenvalue weighted by Crippen LogP contribution is 2.21. The molecule has 1 aromatic heterocycles. The molecular weight excluding hydrogens is 378 g/mol. The molecule has 2 aromatic rings. The number of carbonyl (C=O) groups is 1. The number of sulfone groups is 1. The summed E-state index contributed by atoms with van der Waals surface area (Å²) in [6.45, 7) is 5.27. The van der Waals surface area contributed by atoms with Crippen molar-refractivity contribution in [1.82, 2.24) is 14.7 Å². The molecule has 0 saturated carbocycles. The summed E-state index contributed by atoms with van der Waals surface area (Å²) in [6.07, 6.45) is 0.475. The topological polar surface area (TPSA) is 81.5 Å². The van der Waals surface area contributed by atoms with Crippen LogP contribution in [0.15, 0.2) is 30.3 Å². The van der Waals surface area contributed by atoms with E-state index in [4.69, 9.17) is 4.74 Å². The second kappa shape index (κ2) is 8.45. The fraction of sp³-hybridized carbons (Fsp3) is 0.500. The lowest BCUT2D eigenvalue weighted by atomic mass is 10.1. The molecule has 0 spiro atoms. The lowest BCUT2D eigenvalue weighted by molar-refractivity contribution is 0.0624. The van der Waals surface area contributed by atoms with Crippen molar-refractivity contribution < 1.29 is 17.9 Å². The number of ether oxygens (including phenoxy) is 1. The molecule has 0 bridgehead atoms. The first-order chi connectivity index (χ1) is 13.3. The fourth-order valence-electron chi connectivity index (χ4n) is 3.64. The van der Waals surface area contributed by atoms with Gasteiger partial charge in [0.15, 0.2) is 9.84 Å². The van der Waals surface area contributed by atoms with E-state index < -0.39 is 9.84 Å². The number of aromatic nitrogens is 2. The van der Waals surface area contributed by atoms with Crippen molar-refractivity contribution >= 4 is 15.7 Å². The minimum atomic E-state index is -3.08. The van der Waals surface area contributed by atoms with E-state index in [0.29, 0.717) is 31.7 Å². The Balaban J connectivity index is 1.81. The van der Waals surface area contributed by atoms with Crippen LogP contribution >= 0.6 is 0 Å². The summed E-state index contributed by atoms with van der Waals surface area (Å²) >= 11 is 0. The van der Waals surface area contributed by atoms with Gasteiger partial charge in [0.1, 0.15) is 0 Å². The van der Waals surface area contributed by atoms with E-state index in [0.717, 1.165) is 17.0 Å². The van der Waals surface area contributed by atoms with E-state index in [1.807, 2.05) is 42.8 Å². The standard InChI is InChI=1S/C20H27N3O4S/c1-15-11-16(2)23(21-15)13-17-5-4-6-18(12-17)20(24)22(8-9-27-3)19-7-10-28(25,26)14-19/h4-6,11-12,19H,7-10,13-14H2,1-3H3. The van der Waals surface area contributed by atoms with Gasteiger partial charge in [-0.1, -0.05) is 12.1 Å². The van der Waals surface area contributed by atoms with Crippen LogP contribution in [0.25, 0.3) is 0 Å². The monoisotopic (exact) mass is 405 g/mol. The van der Waals surface area contributed by atoms with Crippen molar-refractivity contribution in [2.45, 2.75) is 32.9 Å². The number of aryl methyl sites for hydroxylation is 2. The highest BCUT2D eigenvalue weighted by Gasteiger charge is 2.34. The molecule has 1 aromatic carbocycles. The smallest absolute Gasteiger partial charge is 0.254 e. The minimum absolute atomic E-state index is 0.0217. The third kappa shape index (κ3) is 4.80. The minimum Gasteiger partial charge on any atom is -0.383 e. The largest absolute Gasteiger partial charge is 0.383 e. The van der Waals surface area contributed by atoms with Crippen LogP contribution in [-0.2, 0) is 21.1 Å². The molecule has 1 unspecified atom stereocenters. The van der Waals surface area contributed by atoms with Crippen LogP contribution < -0.4 is 0 Å². The van der Waals surface area contributed by atoms with Gasteiger partial charge < -0.3 is 9.64 Å². The molecule has 1 aliphatic heterocycles. The van der Waals surface area contributed by atoms with Crippen molar-refractivity contribution in [3.8, 4) is 0 Å². The molecule has 7 nitrogen and oxygen atoms in total. The zero-order valence-electron chi connectivity index (χ0n) is 16.6. The quantitative estimate of drug-likeness (QED) is 0.702. The molecule has 28 heavy (non-hydrogen) atoms. The normalized spacial score (nSPS) is 18.3. The highest BCUT2D eigenvalue weighted by atomic mass is 32.2. The van der Waals surface area contributed by atoms with Gasteiger partial charge in [-0.2, -0.15) is 5.10 Å². The zero-order valence-corrected chi connectivity index (χ0v) is 17.4. The average molecular weight is 406 g/mol. The van der Waals surface area contributed by atoms with Gasteiger partial charge in [0.05, 0.1) is 30.4 Å². The number of amides is 1. The molecule has 0 radical (unpaired) electrons. The van der Waals surface area contributed by atoms with Crippen molar-refractivity contribution in [3.05, 3.63) is 52.8 Å². The molecule has 1 saturated heterocycles. The summed E-state index contributed by atoms with van der Waals surface area (Å²) in [4.78, 5) is 14.8. The van der Waals surface area contributed by atoms with Gasteiger partial charge in [-0.15, -0.1) is 0 Å². The molecular formula is C20H27N3O4S. The molecule has 1 amide bonds. The van der Waals surface area contributed by atoms with E-state index in [9.17, 15) is 13.2 Å². The van der Waals surface area contributed by atoms with Crippen LogP contribution in [0.2, 0.25) is 0 Å². The Hall–Kier alpha value is -2.19. The molecule has 152 valence electrons. The van der Waals surface area contributed by atoms with Crippen molar-refractivity contribution in [3.63, 3.8) is 0 Å². The van der Waals surface area contributed by atoms with Crippen LogP contribution in [0.3, 0.4) is 0 Å². The fourth-order valence-corrected chi connectivity index (χ4v) is 5.37. The van der Waals surface area contributed by atoms with E-state index in [1.165, 1.54) is 0 Å². The third-order valence-electron chi connectivity index (χ3n) is 5.06. The van der Waals surface area contributed by atoms with E-state index >= 15 is 0 Å². The maximum absolute atomic E-state index is 13.2. The number of methoxy groups -OCH3 is 1. The summed E-state index contributed by atoms with van der Waals surface area (Å²) in [5.74, 6) is -0.00492. The SMILES string of the molecule is COCCN(C(=O)c1cccc(Cn2nc(C)cc2C)c1)C1CCS(=O)(=O)C1. The first kappa shape index (κ1) is 20.5. The van der Waals surface area contributed by atoms with Crippen molar-refractivity contribution in [2.75, 3.05) is 31.8 Å². The molecule has 0 N–H and O–H groups in total. The van der Waals surface area contributed by atoms with Gasteiger partial charge >= 0.3 is 0 Å². The van der Waals surface area contributed by atoms with Gasteiger partial charge in [-0.25, -0.2) is 8.42 Å². The van der Waals surface area contributed by atoms with Crippen LogP contribution in [0.4, 0.5) is 0 Å². The molecule has 1 atom stereocenters. The Morgan fingerprint density at radius 3 is 2.71 bits per heavy atom. The predicted molar refractivity (Wildman–Crippen MR) is 107 cm³/mol. The number of hydrogen-bond acceptors (Lipinski definition) is 5. The van der Waals surface area contributed by atoms with Crippen LogP contribution in [0.1, 0.15) is 33.7 Å². The molecule has 8 heteroatoms. The molecule has 1 fully saturated rings. The average Bonchev–Trinajstić information content (AvgIpc) is 3.16. The lowest BCUT2D eigenvalue weighted by Crippen LogP contribution is -2.43. The Morgan fingerprint density at radius 2 is 2.11 bits per heavy atom. The second-order valence-electron chi connectivity index (χ2n) is 7.33. The van der Waals surface area contributed by atoms with Crippen LogP contribution in [0.5, 0.6) is 0 Å². The summed E-state index contributed by atoms with van der Waals surface area (Å²) in [7, 11) is -1.51. The van der Waals surface area contributed by atoms with E-state index in [-0.39, 0.29) is 23.5 Å². The first-order valence-electron chi connectivity index (χ1n) is 9.39. The van der Waals surface area contributed by atoms with Crippen LogP contribution in [0, 0.1) is 13.8 Å². The number of carbonyl (C=O) groups excluding carboxylic acids is 1.